The van der Waals surface area contributed by atoms with Crippen molar-refractivity contribution in [2.45, 2.75) is 37.8 Å². The fraction of sp³-hybridized carbons (Fsp3) is 0.625. The van der Waals surface area contributed by atoms with Gasteiger partial charge in [0.1, 0.15) is 5.82 Å². The summed E-state index contributed by atoms with van der Waals surface area (Å²) in [6.45, 7) is 2.79. The topological polar surface area (TPSA) is 47.3 Å². The molecule has 2 aliphatic rings. The van der Waals surface area contributed by atoms with Gasteiger partial charge in [-0.05, 0) is 61.1 Å². The Labute approximate surface area is 129 Å². The molecule has 21 heavy (non-hydrogen) atoms. The van der Waals surface area contributed by atoms with Crippen molar-refractivity contribution in [1.29, 1.82) is 0 Å². The maximum Gasteiger partial charge on any atom is 0.123 e. The van der Waals surface area contributed by atoms with Crippen molar-refractivity contribution in [1.82, 2.24) is 5.43 Å². The Morgan fingerprint density at radius 3 is 3.10 bits per heavy atom. The van der Waals surface area contributed by atoms with E-state index in [-0.39, 0.29) is 17.5 Å². The van der Waals surface area contributed by atoms with Crippen LogP contribution in [0.5, 0.6) is 0 Å². The fourth-order valence-corrected chi connectivity index (χ4v) is 5.02. The van der Waals surface area contributed by atoms with Gasteiger partial charge in [-0.3, -0.25) is 11.3 Å². The standard InChI is InChI=1S/C16H23FN2OS/c1-11-2-3-13(17)8-14(11)15(19-18)12-4-6-20-16(9-12)5-7-21-10-16/h2-3,8,12,15,19H,4-7,9-10,18H2,1H3. The highest BCUT2D eigenvalue weighted by Gasteiger charge is 2.42. The molecule has 0 saturated carbocycles. The zero-order valence-electron chi connectivity index (χ0n) is 12.4. The van der Waals surface area contributed by atoms with Crippen LogP contribution in [0.15, 0.2) is 18.2 Å². The average Bonchev–Trinajstić information content (AvgIpc) is 2.91. The second kappa shape index (κ2) is 6.24. The molecule has 0 aliphatic carbocycles. The first-order valence-electron chi connectivity index (χ1n) is 7.57. The Hall–Kier alpha value is -0.620. The zero-order chi connectivity index (χ0) is 14.9. The Morgan fingerprint density at radius 1 is 1.52 bits per heavy atom. The number of hydrogen-bond donors (Lipinski definition) is 2. The number of benzene rings is 1. The normalized spacial score (nSPS) is 30.7. The van der Waals surface area contributed by atoms with E-state index in [1.54, 1.807) is 6.07 Å². The molecule has 1 aromatic rings. The zero-order valence-corrected chi connectivity index (χ0v) is 13.2. The molecule has 3 rings (SSSR count). The number of ether oxygens (including phenoxy) is 1. The number of thioether (sulfide) groups is 1. The third-order valence-electron chi connectivity index (χ3n) is 4.83. The first-order chi connectivity index (χ1) is 10.1. The number of halogens is 1. The second-order valence-electron chi connectivity index (χ2n) is 6.23. The van der Waals surface area contributed by atoms with Gasteiger partial charge in [0.2, 0.25) is 0 Å². The van der Waals surface area contributed by atoms with Crippen LogP contribution in [0.3, 0.4) is 0 Å². The molecule has 0 radical (unpaired) electrons. The highest BCUT2D eigenvalue weighted by Crippen LogP contribution is 2.44. The average molecular weight is 310 g/mol. The predicted octanol–water partition coefficient (Wildman–Crippen LogP) is 2.94. The van der Waals surface area contributed by atoms with Crippen molar-refractivity contribution in [3.8, 4) is 0 Å². The molecular formula is C16H23FN2OS. The van der Waals surface area contributed by atoms with Crippen molar-refractivity contribution in [2.24, 2.45) is 11.8 Å². The minimum absolute atomic E-state index is 0.00734. The summed E-state index contributed by atoms with van der Waals surface area (Å²) in [5.41, 5.74) is 5.01. The van der Waals surface area contributed by atoms with Crippen molar-refractivity contribution < 1.29 is 9.13 Å². The van der Waals surface area contributed by atoms with E-state index in [1.807, 2.05) is 24.8 Å². The number of nitrogens with one attached hydrogen (secondary N) is 1. The highest BCUT2D eigenvalue weighted by molar-refractivity contribution is 7.99. The number of hydrogen-bond acceptors (Lipinski definition) is 4. The maximum absolute atomic E-state index is 13.6. The van der Waals surface area contributed by atoms with Crippen LogP contribution in [0, 0.1) is 18.7 Å². The number of hydrazine groups is 1. The third-order valence-corrected chi connectivity index (χ3v) is 6.05. The first-order valence-corrected chi connectivity index (χ1v) is 8.73. The molecule has 2 heterocycles. The van der Waals surface area contributed by atoms with Gasteiger partial charge in [0, 0.05) is 18.4 Å². The lowest BCUT2D eigenvalue weighted by Gasteiger charge is -2.41. The molecule has 3 nitrogen and oxygen atoms in total. The van der Waals surface area contributed by atoms with E-state index >= 15 is 0 Å². The van der Waals surface area contributed by atoms with Gasteiger partial charge < -0.3 is 4.74 Å². The summed E-state index contributed by atoms with van der Waals surface area (Å²) in [7, 11) is 0. The molecule has 1 aromatic carbocycles. The Kier molecular flexibility index (Phi) is 4.54. The summed E-state index contributed by atoms with van der Waals surface area (Å²) in [6, 6.07) is 4.94. The van der Waals surface area contributed by atoms with Crippen molar-refractivity contribution in [3.05, 3.63) is 35.1 Å². The van der Waals surface area contributed by atoms with Crippen molar-refractivity contribution in [2.75, 3.05) is 18.1 Å². The molecule has 0 amide bonds. The lowest BCUT2D eigenvalue weighted by Crippen LogP contribution is -2.45. The Morgan fingerprint density at radius 2 is 2.38 bits per heavy atom. The van der Waals surface area contributed by atoms with Gasteiger partial charge in [-0.25, -0.2) is 4.39 Å². The van der Waals surface area contributed by atoms with Crippen LogP contribution < -0.4 is 11.3 Å². The molecular weight excluding hydrogens is 287 g/mol. The summed E-state index contributed by atoms with van der Waals surface area (Å²) >= 11 is 1.97. The van der Waals surface area contributed by atoms with Gasteiger partial charge in [0.15, 0.2) is 0 Å². The monoisotopic (exact) mass is 310 g/mol. The van der Waals surface area contributed by atoms with E-state index in [0.717, 1.165) is 42.7 Å². The lowest BCUT2D eigenvalue weighted by atomic mass is 9.78. The van der Waals surface area contributed by atoms with E-state index in [4.69, 9.17) is 10.6 Å². The minimum atomic E-state index is -0.200. The summed E-state index contributed by atoms with van der Waals surface area (Å²) in [4.78, 5) is 0. The number of nitrogens with two attached hydrogens (primary N) is 1. The minimum Gasteiger partial charge on any atom is -0.374 e. The van der Waals surface area contributed by atoms with Crippen LogP contribution in [0.1, 0.15) is 36.4 Å². The summed E-state index contributed by atoms with van der Waals surface area (Å²) < 4.78 is 19.7. The van der Waals surface area contributed by atoms with Crippen LogP contribution in [0.4, 0.5) is 4.39 Å². The molecule has 2 saturated heterocycles. The predicted molar refractivity (Wildman–Crippen MR) is 84.6 cm³/mol. The van der Waals surface area contributed by atoms with Crippen molar-refractivity contribution >= 4 is 11.8 Å². The molecule has 0 aromatic heterocycles. The highest BCUT2D eigenvalue weighted by atomic mass is 32.2. The van der Waals surface area contributed by atoms with E-state index in [0.29, 0.717) is 5.92 Å². The fourth-order valence-electron chi connectivity index (χ4n) is 3.64. The summed E-state index contributed by atoms with van der Waals surface area (Å²) in [6.07, 6.45) is 3.09. The maximum atomic E-state index is 13.6. The van der Waals surface area contributed by atoms with Gasteiger partial charge in [-0.15, -0.1) is 0 Å². The first kappa shape index (κ1) is 15.3. The van der Waals surface area contributed by atoms with Crippen LogP contribution in [-0.2, 0) is 4.74 Å². The smallest absolute Gasteiger partial charge is 0.123 e. The molecule has 3 atom stereocenters. The summed E-state index contributed by atoms with van der Waals surface area (Å²) in [5.74, 6) is 8.26. The Bertz CT molecular complexity index is 505. The van der Waals surface area contributed by atoms with Crippen LogP contribution in [0.25, 0.3) is 0 Å². The molecule has 0 bridgehead atoms. The number of aryl methyl sites for hydroxylation is 1. The van der Waals surface area contributed by atoms with E-state index in [2.05, 4.69) is 5.43 Å². The van der Waals surface area contributed by atoms with Crippen molar-refractivity contribution in [3.63, 3.8) is 0 Å². The van der Waals surface area contributed by atoms with Crippen LogP contribution >= 0.6 is 11.8 Å². The number of rotatable bonds is 3. The lowest BCUT2D eigenvalue weighted by molar-refractivity contribution is -0.0854. The van der Waals surface area contributed by atoms with E-state index in [1.165, 1.54) is 11.8 Å². The SMILES string of the molecule is Cc1ccc(F)cc1C(NN)C1CCOC2(CCSC2)C1. The molecule has 3 N–H and O–H groups in total. The van der Waals surface area contributed by atoms with Crippen LogP contribution in [-0.4, -0.2) is 23.7 Å². The molecule has 2 aliphatic heterocycles. The Balaban J connectivity index is 1.84. The second-order valence-corrected chi connectivity index (χ2v) is 7.34. The van der Waals surface area contributed by atoms with Gasteiger partial charge in [-0.1, -0.05) is 6.07 Å². The molecule has 5 heteroatoms. The van der Waals surface area contributed by atoms with Gasteiger partial charge >= 0.3 is 0 Å². The molecule has 2 fully saturated rings. The van der Waals surface area contributed by atoms with E-state index in [9.17, 15) is 4.39 Å². The van der Waals surface area contributed by atoms with Gasteiger partial charge in [-0.2, -0.15) is 11.8 Å². The van der Waals surface area contributed by atoms with Gasteiger partial charge in [0.25, 0.3) is 0 Å². The molecule has 3 unspecified atom stereocenters. The summed E-state index contributed by atoms with van der Waals surface area (Å²) in [5, 5.41) is 0. The third kappa shape index (κ3) is 3.11. The van der Waals surface area contributed by atoms with Crippen LogP contribution in [0.2, 0.25) is 0 Å². The molecule has 116 valence electrons. The largest absolute Gasteiger partial charge is 0.374 e. The van der Waals surface area contributed by atoms with Gasteiger partial charge in [0.05, 0.1) is 5.60 Å². The molecule has 1 spiro atoms. The van der Waals surface area contributed by atoms with E-state index < -0.39 is 0 Å². The quantitative estimate of drug-likeness (QED) is 0.666.